The van der Waals surface area contributed by atoms with Crippen molar-refractivity contribution in [3.8, 4) is 5.75 Å². The summed E-state index contributed by atoms with van der Waals surface area (Å²) >= 11 is 0. The van der Waals surface area contributed by atoms with Crippen LogP contribution in [-0.2, 0) is 9.53 Å². The molecule has 1 aliphatic carbocycles. The number of morpholine rings is 1. The number of benzene rings is 1. The van der Waals surface area contributed by atoms with Crippen molar-refractivity contribution in [1.82, 2.24) is 9.80 Å². The smallest absolute Gasteiger partial charge is 0.244 e. The van der Waals surface area contributed by atoms with Gasteiger partial charge in [0.15, 0.2) is 0 Å². The lowest BCUT2D eigenvalue weighted by Gasteiger charge is -2.46. The van der Waals surface area contributed by atoms with Gasteiger partial charge in [-0.25, -0.2) is 0 Å². The molecule has 29 heavy (non-hydrogen) atoms. The number of rotatable bonds is 5. The maximum atomic E-state index is 13.4. The van der Waals surface area contributed by atoms with Crippen LogP contribution in [0.5, 0.6) is 5.75 Å². The van der Waals surface area contributed by atoms with Gasteiger partial charge in [0.25, 0.3) is 0 Å². The third-order valence-electron chi connectivity index (χ3n) is 6.80. The lowest BCUT2D eigenvalue weighted by atomic mass is 9.79. The van der Waals surface area contributed by atoms with Crippen molar-refractivity contribution in [2.24, 2.45) is 0 Å². The maximum absolute atomic E-state index is 13.4. The van der Waals surface area contributed by atoms with E-state index in [1.54, 1.807) is 0 Å². The zero-order valence-corrected chi connectivity index (χ0v) is 17.7. The maximum Gasteiger partial charge on any atom is 0.244 e. The summed E-state index contributed by atoms with van der Waals surface area (Å²) in [5.74, 6) is 1.03. The number of anilines is 1. The molecule has 1 aromatic carbocycles. The van der Waals surface area contributed by atoms with E-state index >= 15 is 0 Å². The molecule has 2 saturated heterocycles. The fourth-order valence-corrected chi connectivity index (χ4v) is 4.97. The number of ether oxygens (including phenoxy) is 2. The molecule has 1 amide bonds. The van der Waals surface area contributed by atoms with Crippen LogP contribution in [0.3, 0.4) is 0 Å². The van der Waals surface area contributed by atoms with Crippen LogP contribution in [0, 0.1) is 0 Å². The van der Waals surface area contributed by atoms with E-state index < -0.39 is 0 Å². The van der Waals surface area contributed by atoms with Crippen molar-refractivity contribution in [1.29, 1.82) is 0 Å². The van der Waals surface area contributed by atoms with Crippen molar-refractivity contribution in [3.63, 3.8) is 0 Å². The monoisotopic (exact) mass is 401 g/mol. The average Bonchev–Trinajstić information content (AvgIpc) is 2.78. The third-order valence-corrected chi connectivity index (χ3v) is 6.80. The lowest BCUT2D eigenvalue weighted by Crippen LogP contribution is -2.60. The number of carbonyl (C=O) groups excluding carboxylic acids is 1. The highest BCUT2D eigenvalue weighted by Crippen LogP contribution is 2.35. The summed E-state index contributed by atoms with van der Waals surface area (Å²) in [5, 5.41) is 3.20. The van der Waals surface area contributed by atoms with E-state index in [1.807, 2.05) is 24.3 Å². The van der Waals surface area contributed by atoms with Crippen LogP contribution < -0.4 is 10.1 Å². The summed E-state index contributed by atoms with van der Waals surface area (Å²) in [4.78, 5) is 18.1. The first-order valence-corrected chi connectivity index (χ1v) is 11.3. The molecule has 4 rings (SSSR count). The number of piperidine rings is 1. The highest BCUT2D eigenvalue weighted by atomic mass is 16.5. The summed E-state index contributed by atoms with van der Waals surface area (Å²) in [7, 11) is 2.16. The molecule has 2 aliphatic heterocycles. The Bertz CT molecular complexity index is 658. The minimum absolute atomic E-state index is 0.142. The molecule has 6 nitrogen and oxygen atoms in total. The Labute approximate surface area is 174 Å². The molecule has 160 valence electrons. The second kappa shape index (κ2) is 9.45. The molecule has 0 atom stereocenters. The second-order valence-corrected chi connectivity index (χ2v) is 8.79. The predicted octanol–water partition coefficient (Wildman–Crippen LogP) is 3.13. The van der Waals surface area contributed by atoms with Gasteiger partial charge < -0.3 is 19.7 Å². The van der Waals surface area contributed by atoms with Gasteiger partial charge in [-0.05, 0) is 57.0 Å². The van der Waals surface area contributed by atoms with E-state index in [0.29, 0.717) is 6.10 Å². The minimum Gasteiger partial charge on any atom is -0.490 e. The molecule has 2 heterocycles. The molecule has 0 radical (unpaired) electrons. The van der Waals surface area contributed by atoms with Gasteiger partial charge in [0.1, 0.15) is 17.4 Å². The van der Waals surface area contributed by atoms with Crippen molar-refractivity contribution in [3.05, 3.63) is 24.3 Å². The number of hydrogen-bond donors (Lipinski definition) is 1. The predicted molar refractivity (Wildman–Crippen MR) is 114 cm³/mol. The highest BCUT2D eigenvalue weighted by Gasteiger charge is 2.45. The third kappa shape index (κ3) is 4.93. The highest BCUT2D eigenvalue weighted by molar-refractivity contribution is 5.98. The average molecular weight is 402 g/mol. The summed E-state index contributed by atoms with van der Waals surface area (Å²) < 4.78 is 11.7. The summed E-state index contributed by atoms with van der Waals surface area (Å²) in [6, 6.07) is 7.91. The van der Waals surface area contributed by atoms with Crippen molar-refractivity contribution in [2.75, 3.05) is 51.8 Å². The number of nitrogens with zero attached hydrogens (tertiary/aromatic N) is 2. The van der Waals surface area contributed by atoms with Gasteiger partial charge in [-0.1, -0.05) is 19.3 Å². The Morgan fingerprint density at radius 2 is 1.69 bits per heavy atom. The van der Waals surface area contributed by atoms with E-state index in [-0.39, 0.29) is 11.4 Å². The molecule has 1 saturated carbocycles. The van der Waals surface area contributed by atoms with Crippen molar-refractivity contribution >= 4 is 11.6 Å². The quantitative estimate of drug-likeness (QED) is 0.822. The van der Waals surface area contributed by atoms with Gasteiger partial charge in [0.05, 0.1) is 13.2 Å². The Kier molecular flexibility index (Phi) is 6.73. The summed E-state index contributed by atoms with van der Waals surface area (Å²) in [6.45, 7) is 5.30. The van der Waals surface area contributed by atoms with Crippen LogP contribution in [0.25, 0.3) is 0 Å². The van der Waals surface area contributed by atoms with E-state index in [1.165, 1.54) is 6.42 Å². The van der Waals surface area contributed by atoms with Gasteiger partial charge in [0, 0.05) is 31.9 Å². The summed E-state index contributed by atoms with van der Waals surface area (Å²) in [5.41, 5.74) is 0.467. The second-order valence-electron chi connectivity index (χ2n) is 8.79. The van der Waals surface area contributed by atoms with Crippen LogP contribution in [0.4, 0.5) is 5.69 Å². The number of amides is 1. The molecule has 1 aromatic rings. The summed E-state index contributed by atoms with van der Waals surface area (Å²) in [6.07, 6.45) is 7.77. The number of nitrogens with one attached hydrogen (secondary N) is 1. The zero-order chi connectivity index (χ0) is 20.1. The number of likely N-dealkylation sites (tertiary alicyclic amines) is 1. The molecule has 1 N–H and O–H groups in total. The van der Waals surface area contributed by atoms with Gasteiger partial charge in [-0.2, -0.15) is 0 Å². The molecule has 3 fully saturated rings. The van der Waals surface area contributed by atoms with Gasteiger partial charge in [-0.15, -0.1) is 0 Å². The number of carbonyl (C=O) groups is 1. The van der Waals surface area contributed by atoms with Gasteiger partial charge >= 0.3 is 0 Å². The fourth-order valence-electron chi connectivity index (χ4n) is 4.97. The number of hydrogen-bond acceptors (Lipinski definition) is 5. The molecule has 0 unspecified atom stereocenters. The Morgan fingerprint density at radius 3 is 2.34 bits per heavy atom. The first-order chi connectivity index (χ1) is 14.2. The SMILES string of the molecule is CN1CCC(Oc2ccc(NC(=O)C3(N4CCOCC4)CCCCC3)cc2)CC1. The van der Waals surface area contributed by atoms with E-state index in [4.69, 9.17) is 9.47 Å². The fraction of sp³-hybridized carbons (Fsp3) is 0.696. The first kappa shape index (κ1) is 20.6. The molecule has 0 spiro atoms. The molecule has 0 aromatic heterocycles. The first-order valence-electron chi connectivity index (χ1n) is 11.3. The molecular weight excluding hydrogens is 366 g/mol. The largest absolute Gasteiger partial charge is 0.490 e. The van der Waals surface area contributed by atoms with E-state index in [2.05, 4.69) is 22.2 Å². The zero-order valence-electron chi connectivity index (χ0n) is 17.7. The molecular formula is C23H35N3O3. The standard InChI is InChI=1S/C23H35N3O3/c1-25-13-9-21(10-14-25)29-20-7-5-19(6-8-20)24-22(27)23(11-3-2-4-12-23)26-15-17-28-18-16-26/h5-8,21H,2-4,9-18H2,1H3,(H,24,27). The van der Waals surface area contributed by atoms with E-state index in [9.17, 15) is 4.79 Å². The van der Waals surface area contributed by atoms with E-state index in [0.717, 1.165) is 89.4 Å². The van der Waals surface area contributed by atoms with Crippen LogP contribution in [0.1, 0.15) is 44.9 Å². The van der Waals surface area contributed by atoms with Crippen LogP contribution in [0.2, 0.25) is 0 Å². The van der Waals surface area contributed by atoms with Gasteiger partial charge in [-0.3, -0.25) is 9.69 Å². The van der Waals surface area contributed by atoms with Crippen molar-refractivity contribution in [2.45, 2.75) is 56.6 Å². The van der Waals surface area contributed by atoms with Crippen molar-refractivity contribution < 1.29 is 14.3 Å². The normalized spacial score (nSPS) is 24.2. The molecule has 6 heteroatoms. The molecule has 3 aliphatic rings. The topological polar surface area (TPSA) is 54.0 Å². The Hall–Kier alpha value is -1.63. The van der Waals surface area contributed by atoms with Crippen LogP contribution in [-0.4, -0.2) is 73.8 Å². The van der Waals surface area contributed by atoms with Crippen LogP contribution in [0.15, 0.2) is 24.3 Å². The van der Waals surface area contributed by atoms with Crippen LogP contribution >= 0.6 is 0 Å². The Morgan fingerprint density at radius 1 is 1.03 bits per heavy atom. The van der Waals surface area contributed by atoms with Gasteiger partial charge in [0.2, 0.25) is 5.91 Å². The minimum atomic E-state index is -0.384. The molecule has 0 bridgehead atoms. The lowest BCUT2D eigenvalue weighted by molar-refractivity contribution is -0.134. The Balaban J connectivity index is 1.38.